The Bertz CT molecular complexity index is 943. The lowest BCUT2D eigenvalue weighted by atomic mass is 10.0. The molecule has 0 radical (unpaired) electrons. The summed E-state index contributed by atoms with van der Waals surface area (Å²) in [6, 6.07) is 9.43. The van der Waals surface area contributed by atoms with Crippen molar-refractivity contribution in [3.8, 4) is 5.95 Å². The van der Waals surface area contributed by atoms with E-state index in [1.165, 1.54) is 0 Å². The highest BCUT2D eigenvalue weighted by atomic mass is 35.5. The van der Waals surface area contributed by atoms with Crippen molar-refractivity contribution in [2.45, 2.75) is 12.2 Å². The maximum Gasteiger partial charge on any atom is 0.252 e. The molecular formula is C17H14ClN5OS. The molecule has 0 bridgehead atoms. The van der Waals surface area contributed by atoms with Gasteiger partial charge in [0.25, 0.3) is 5.95 Å². The van der Waals surface area contributed by atoms with Crippen molar-refractivity contribution in [2.75, 3.05) is 11.1 Å². The Hall–Kier alpha value is -2.38. The molecular weight excluding hydrogens is 358 g/mol. The maximum absolute atomic E-state index is 12.2. The number of aryl methyl sites for hydroxylation is 1. The number of aromatic nitrogens is 4. The highest BCUT2D eigenvalue weighted by Crippen LogP contribution is 2.43. The van der Waals surface area contributed by atoms with Gasteiger partial charge < -0.3 is 5.32 Å². The first-order chi connectivity index (χ1) is 12.1. The van der Waals surface area contributed by atoms with Gasteiger partial charge in [-0.3, -0.25) is 4.79 Å². The van der Waals surface area contributed by atoms with E-state index < -0.39 is 0 Å². The Labute approximate surface area is 153 Å². The Morgan fingerprint density at radius 2 is 2.08 bits per heavy atom. The minimum atomic E-state index is -0.0761. The molecule has 25 heavy (non-hydrogen) atoms. The second kappa shape index (κ2) is 6.50. The second-order valence-corrected chi connectivity index (χ2v) is 7.13. The summed E-state index contributed by atoms with van der Waals surface area (Å²) in [4.78, 5) is 20.7. The molecule has 0 saturated heterocycles. The van der Waals surface area contributed by atoms with Crippen LogP contribution in [0.1, 0.15) is 22.1 Å². The summed E-state index contributed by atoms with van der Waals surface area (Å²) in [5.41, 5.74) is 2.81. The lowest BCUT2D eigenvalue weighted by molar-refractivity contribution is -0.113. The smallest absolute Gasteiger partial charge is 0.252 e. The molecule has 2 aromatic heterocycles. The second-order valence-electron chi connectivity index (χ2n) is 5.60. The van der Waals surface area contributed by atoms with Crippen LogP contribution >= 0.6 is 23.4 Å². The minimum absolute atomic E-state index is 0.0508. The average Bonchev–Trinajstić information content (AvgIpc) is 2.82. The molecule has 0 spiro atoms. The lowest BCUT2D eigenvalue weighted by Crippen LogP contribution is -2.16. The van der Waals surface area contributed by atoms with Crippen LogP contribution in [0.25, 0.3) is 5.95 Å². The van der Waals surface area contributed by atoms with Gasteiger partial charge in [0.15, 0.2) is 0 Å². The van der Waals surface area contributed by atoms with E-state index in [2.05, 4.69) is 20.4 Å². The SMILES string of the molecule is Cc1nn(-c2ncccn2)c2c1[C@H](c1cccc(Cl)c1)SCC(=O)N2. The fourth-order valence-electron chi connectivity index (χ4n) is 2.86. The Balaban J connectivity index is 1.90. The molecule has 3 heterocycles. The number of nitrogens with zero attached hydrogens (tertiary/aromatic N) is 4. The number of amides is 1. The summed E-state index contributed by atoms with van der Waals surface area (Å²) in [5.74, 6) is 1.31. The van der Waals surface area contributed by atoms with Crippen LogP contribution in [0.4, 0.5) is 5.82 Å². The molecule has 6 nitrogen and oxygen atoms in total. The van der Waals surface area contributed by atoms with Crippen LogP contribution in [0.3, 0.4) is 0 Å². The Morgan fingerprint density at radius 1 is 1.28 bits per heavy atom. The molecule has 8 heteroatoms. The van der Waals surface area contributed by atoms with E-state index in [9.17, 15) is 4.79 Å². The molecule has 0 aliphatic carbocycles. The summed E-state index contributed by atoms with van der Waals surface area (Å²) in [5, 5.41) is 8.14. The van der Waals surface area contributed by atoms with Crippen LogP contribution in [-0.4, -0.2) is 31.4 Å². The molecule has 1 aliphatic rings. The number of nitrogens with one attached hydrogen (secondary N) is 1. The number of thioether (sulfide) groups is 1. The highest BCUT2D eigenvalue weighted by Gasteiger charge is 2.31. The first-order valence-corrected chi connectivity index (χ1v) is 9.10. The van der Waals surface area contributed by atoms with Gasteiger partial charge in [-0.1, -0.05) is 23.7 Å². The summed E-state index contributed by atoms with van der Waals surface area (Å²) >= 11 is 7.72. The number of hydrogen-bond acceptors (Lipinski definition) is 5. The number of anilines is 1. The van der Waals surface area contributed by atoms with Crippen molar-refractivity contribution in [2.24, 2.45) is 0 Å². The first kappa shape index (κ1) is 16.1. The number of fused-ring (bicyclic) bond motifs is 1. The molecule has 0 saturated carbocycles. The van der Waals surface area contributed by atoms with Gasteiger partial charge in [-0.2, -0.15) is 9.78 Å². The van der Waals surface area contributed by atoms with E-state index >= 15 is 0 Å². The molecule has 1 amide bonds. The van der Waals surface area contributed by atoms with Crippen LogP contribution in [-0.2, 0) is 4.79 Å². The standard InChI is InChI=1S/C17H14ClN5OS/c1-10-14-15(11-4-2-5-12(18)8-11)25-9-13(24)21-16(14)23(22-10)17-19-6-3-7-20-17/h2-8,15H,9H2,1H3,(H,21,24)/t15-/m0/s1. The van der Waals surface area contributed by atoms with Crippen LogP contribution in [0.5, 0.6) is 0 Å². The summed E-state index contributed by atoms with van der Waals surface area (Å²) in [7, 11) is 0. The van der Waals surface area contributed by atoms with Gasteiger partial charge in [-0.05, 0) is 30.7 Å². The molecule has 1 aliphatic heterocycles. The van der Waals surface area contributed by atoms with Gasteiger partial charge >= 0.3 is 0 Å². The third-order valence-electron chi connectivity index (χ3n) is 3.90. The van der Waals surface area contributed by atoms with Gasteiger partial charge in [0.2, 0.25) is 5.91 Å². The fraction of sp³-hybridized carbons (Fsp3) is 0.176. The molecule has 0 unspecified atom stereocenters. The summed E-state index contributed by atoms with van der Waals surface area (Å²) in [6.07, 6.45) is 3.29. The van der Waals surface area contributed by atoms with Crippen LogP contribution in [0, 0.1) is 6.92 Å². The molecule has 1 N–H and O–H groups in total. The van der Waals surface area contributed by atoms with E-state index in [0.717, 1.165) is 16.8 Å². The van der Waals surface area contributed by atoms with Crippen LogP contribution < -0.4 is 5.32 Å². The van der Waals surface area contributed by atoms with E-state index in [4.69, 9.17) is 11.6 Å². The molecule has 1 atom stereocenters. The lowest BCUT2D eigenvalue weighted by Gasteiger charge is -2.15. The monoisotopic (exact) mass is 371 g/mol. The first-order valence-electron chi connectivity index (χ1n) is 7.67. The number of halogens is 1. The number of benzene rings is 1. The predicted molar refractivity (Wildman–Crippen MR) is 98.3 cm³/mol. The highest BCUT2D eigenvalue weighted by molar-refractivity contribution is 8.00. The van der Waals surface area contributed by atoms with Crippen molar-refractivity contribution in [1.82, 2.24) is 19.7 Å². The number of carbonyl (C=O) groups is 1. The minimum Gasteiger partial charge on any atom is -0.309 e. The maximum atomic E-state index is 12.2. The molecule has 126 valence electrons. The van der Waals surface area contributed by atoms with Gasteiger partial charge in [0.1, 0.15) is 5.82 Å². The van der Waals surface area contributed by atoms with E-state index in [1.54, 1.807) is 34.9 Å². The van der Waals surface area contributed by atoms with Crippen molar-refractivity contribution in [1.29, 1.82) is 0 Å². The summed E-state index contributed by atoms with van der Waals surface area (Å²) < 4.78 is 1.59. The number of hydrogen-bond donors (Lipinski definition) is 1. The third-order valence-corrected chi connectivity index (χ3v) is 5.41. The number of carbonyl (C=O) groups excluding carboxylic acids is 1. The van der Waals surface area contributed by atoms with Gasteiger partial charge in [0.05, 0.1) is 16.7 Å². The van der Waals surface area contributed by atoms with E-state index in [0.29, 0.717) is 22.5 Å². The van der Waals surface area contributed by atoms with Crippen molar-refractivity contribution in [3.05, 3.63) is 64.6 Å². The molecule has 1 aromatic carbocycles. The normalized spacial score (nSPS) is 16.9. The predicted octanol–water partition coefficient (Wildman–Crippen LogP) is 3.40. The molecule has 3 aromatic rings. The largest absolute Gasteiger partial charge is 0.309 e. The van der Waals surface area contributed by atoms with Crippen LogP contribution in [0.15, 0.2) is 42.7 Å². The quantitative estimate of drug-likeness (QED) is 0.747. The van der Waals surface area contributed by atoms with E-state index in [1.807, 2.05) is 31.2 Å². The molecule has 4 rings (SSSR count). The zero-order valence-corrected chi connectivity index (χ0v) is 14.9. The molecule has 0 fully saturated rings. The number of rotatable bonds is 2. The Kier molecular flexibility index (Phi) is 4.19. The topological polar surface area (TPSA) is 72.7 Å². The summed E-state index contributed by atoms with van der Waals surface area (Å²) in [6.45, 7) is 1.92. The van der Waals surface area contributed by atoms with Crippen molar-refractivity contribution in [3.63, 3.8) is 0 Å². The van der Waals surface area contributed by atoms with Gasteiger partial charge in [0, 0.05) is 23.0 Å². The zero-order valence-electron chi connectivity index (χ0n) is 13.3. The van der Waals surface area contributed by atoms with Gasteiger partial charge in [-0.15, -0.1) is 11.8 Å². The van der Waals surface area contributed by atoms with E-state index in [-0.39, 0.29) is 11.2 Å². The fourth-order valence-corrected chi connectivity index (χ4v) is 4.24. The third kappa shape index (κ3) is 3.01. The Morgan fingerprint density at radius 3 is 2.84 bits per heavy atom. The zero-order chi connectivity index (χ0) is 17.4. The van der Waals surface area contributed by atoms with Crippen molar-refractivity contribution < 1.29 is 4.79 Å². The van der Waals surface area contributed by atoms with Crippen molar-refractivity contribution >= 4 is 35.1 Å². The van der Waals surface area contributed by atoms with Gasteiger partial charge in [-0.25, -0.2) is 9.97 Å². The average molecular weight is 372 g/mol. The van der Waals surface area contributed by atoms with Crippen LogP contribution in [0.2, 0.25) is 5.02 Å².